The van der Waals surface area contributed by atoms with Crippen LogP contribution in [0.1, 0.15) is 39.7 Å². The molecule has 1 heterocycles. The average Bonchev–Trinajstić information content (AvgIpc) is 3.11. The Bertz CT molecular complexity index is 1210. The molecule has 0 saturated carbocycles. The summed E-state index contributed by atoms with van der Waals surface area (Å²) in [5, 5.41) is 5.44. The van der Waals surface area contributed by atoms with E-state index in [9.17, 15) is 9.59 Å². The summed E-state index contributed by atoms with van der Waals surface area (Å²) in [6, 6.07) is 23.8. The first-order chi connectivity index (χ1) is 16.2. The number of hydrazone groups is 1. The second kappa shape index (κ2) is 7.55. The molecule has 0 spiro atoms. The van der Waals surface area contributed by atoms with E-state index in [2.05, 4.69) is 35.9 Å². The van der Waals surface area contributed by atoms with Gasteiger partial charge in [-0.2, -0.15) is 10.1 Å². The Morgan fingerprint density at radius 1 is 0.818 bits per heavy atom. The number of amides is 2. The molecule has 1 saturated heterocycles. The fraction of sp³-hybridized carbons (Fsp3) is 0.179. The van der Waals surface area contributed by atoms with Gasteiger partial charge < -0.3 is 4.74 Å². The van der Waals surface area contributed by atoms with Crippen molar-refractivity contribution in [1.29, 1.82) is 0 Å². The number of hydrogen-bond donors (Lipinski definition) is 0. The van der Waals surface area contributed by atoms with E-state index in [-0.39, 0.29) is 23.7 Å². The van der Waals surface area contributed by atoms with Crippen LogP contribution >= 0.6 is 0 Å². The standard InChI is InChI=1S/C28H22N2O3/c1-2-14-33-18-9-7-8-17(15-18)16-29-30-27(31)25-23-19-10-3-4-11-20(19)24(26(25)28(30)32)22-13-6-5-12-21(22)23/h2-13,15-16,23-26H,1,14H2/b29-16-/t23?,24?,25-,26+. The van der Waals surface area contributed by atoms with Crippen molar-refractivity contribution in [3.05, 3.63) is 113 Å². The molecular weight excluding hydrogens is 412 g/mol. The van der Waals surface area contributed by atoms with Crippen LogP contribution in [0.5, 0.6) is 5.75 Å². The van der Waals surface area contributed by atoms with Gasteiger partial charge in [-0.15, -0.1) is 0 Å². The van der Waals surface area contributed by atoms with Gasteiger partial charge in [-0.3, -0.25) is 9.59 Å². The summed E-state index contributed by atoms with van der Waals surface area (Å²) < 4.78 is 5.57. The van der Waals surface area contributed by atoms with Crippen molar-refractivity contribution in [2.45, 2.75) is 11.8 Å². The highest BCUT2D eigenvalue weighted by atomic mass is 16.5. The zero-order chi connectivity index (χ0) is 22.5. The van der Waals surface area contributed by atoms with Crippen molar-refractivity contribution in [2.75, 3.05) is 6.61 Å². The van der Waals surface area contributed by atoms with Gasteiger partial charge in [-0.25, -0.2) is 0 Å². The van der Waals surface area contributed by atoms with Gasteiger partial charge in [0.25, 0.3) is 11.8 Å². The Morgan fingerprint density at radius 2 is 1.36 bits per heavy atom. The van der Waals surface area contributed by atoms with Crippen LogP contribution in [-0.4, -0.2) is 29.6 Å². The van der Waals surface area contributed by atoms with Crippen molar-refractivity contribution < 1.29 is 14.3 Å². The van der Waals surface area contributed by atoms with Crippen LogP contribution in [0.3, 0.4) is 0 Å². The molecule has 5 heteroatoms. The summed E-state index contributed by atoms with van der Waals surface area (Å²) in [6.07, 6.45) is 3.23. The maximum Gasteiger partial charge on any atom is 0.254 e. The van der Waals surface area contributed by atoms with Crippen molar-refractivity contribution in [3.63, 3.8) is 0 Å². The van der Waals surface area contributed by atoms with Gasteiger partial charge in [-0.05, 0) is 39.9 Å². The van der Waals surface area contributed by atoms with Crippen LogP contribution in [0.2, 0.25) is 0 Å². The zero-order valence-corrected chi connectivity index (χ0v) is 17.9. The number of rotatable bonds is 5. The number of benzene rings is 3. The van der Waals surface area contributed by atoms with E-state index < -0.39 is 11.8 Å². The van der Waals surface area contributed by atoms with Crippen molar-refractivity contribution in [2.24, 2.45) is 16.9 Å². The third-order valence-electron chi connectivity index (χ3n) is 6.97. The molecule has 4 aliphatic rings. The molecule has 3 aliphatic carbocycles. The van der Waals surface area contributed by atoms with Gasteiger partial charge in [-0.1, -0.05) is 73.3 Å². The van der Waals surface area contributed by atoms with E-state index in [0.717, 1.165) is 32.8 Å². The first-order valence-electron chi connectivity index (χ1n) is 11.1. The number of nitrogens with zero attached hydrogens (tertiary/aromatic N) is 2. The summed E-state index contributed by atoms with van der Waals surface area (Å²) in [4.78, 5) is 27.1. The Labute approximate surface area is 192 Å². The van der Waals surface area contributed by atoms with Crippen LogP contribution < -0.4 is 4.74 Å². The number of carbonyl (C=O) groups is 2. The van der Waals surface area contributed by atoms with E-state index in [4.69, 9.17) is 4.74 Å². The largest absolute Gasteiger partial charge is 0.490 e. The molecule has 162 valence electrons. The Hall–Kier alpha value is -3.99. The van der Waals surface area contributed by atoms with Crippen LogP contribution in [0.15, 0.2) is 90.6 Å². The highest BCUT2D eigenvalue weighted by Crippen LogP contribution is 2.60. The van der Waals surface area contributed by atoms with Crippen LogP contribution in [0, 0.1) is 11.8 Å². The Morgan fingerprint density at radius 3 is 1.88 bits per heavy atom. The van der Waals surface area contributed by atoms with Gasteiger partial charge in [0.15, 0.2) is 0 Å². The van der Waals surface area contributed by atoms with Crippen molar-refractivity contribution in [1.82, 2.24) is 5.01 Å². The highest BCUT2D eigenvalue weighted by Gasteiger charge is 2.61. The Kier molecular flexibility index (Phi) is 4.50. The Balaban J connectivity index is 1.37. The van der Waals surface area contributed by atoms with Crippen molar-refractivity contribution >= 4 is 18.0 Å². The molecule has 1 fully saturated rings. The second-order valence-corrected chi connectivity index (χ2v) is 8.67. The van der Waals surface area contributed by atoms with E-state index in [1.54, 1.807) is 12.3 Å². The lowest BCUT2D eigenvalue weighted by atomic mass is 9.55. The third kappa shape index (κ3) is 2.89. The highest BCUT2D eigenvalue weighted by molar-refractivity contribution is 6.08. The fourth-order valence-electron chi connectivity index (χ4n) is 5.74. The van der Waals surface area contributed by atoms with E-state index in [1.807, 2.05) is 48.5 Å². The summed E-state index contributed by atoms with van der Waals surface area (Å²) in [5.41, 5.74) is 5.37. The molecule has 0 N–H and O–H groups in total. The molecule has 2 bridgehead atoms. The number of ether oxygens (including phenoxy) is 1. The molecular formula is C28H22N2O3. The first-order valence-corrected chi connectivity index (χ1v) is 11.1. The summed E-state index contributed by atoms with van der Waals surface area (Å²) in [6.45, 7) is 4.05. The second-order valence-electron chi connectivity index (χ2n) is 8.67. The summed E-state index contributed by atoms with van der Waals surface area (Å²) >= 11 is 0. The van der Waals surface area contributed by atoms with Gasteiger partial charge in [0.1, 0.15) is 12.4 Å². The van der Waals surface area contributed by atoms with Gasteiger partial charge in [0, 0.05) is 11.8 Å². The molecule has 1 aliphatic heterocycles. The van der Waals surface area contributed by atoms with Crippen LogP contribution in [0.25, 0.3) is 0 Å². The minimum atomic E-state index is -0.424. The summed E-state index contributed by atoms with van der Waals surface area (Å²) in [7, 11) is 0. The minimum absolute atomic E-state index is 0.125. The van der Waals surface area contributed by atoms with Crippen molar-refractivity contribution in [3.8, 4) is 5.75 Å². The first kappa shape index (κ1) is 19.7. The molecule has 0 aromatic heterocycles. The average molecular weight is 434 g/mol. The van der Waals surface area contributed by atoms with E-state index in [0.29, 0.717) is 12.4 Å². The van der Waals surface area contributed by atoms with E-state index in [1.165, 1.54) is 0 Å². The lowest BCUT2D eigenvalue weighted by molar-refractivity contribution is -0.139. The molecule has 0 radical (unpaired) electrons. The lowest BCUT2D eigenvalue weighted by Crippen LogP contribution is -2.41. The zero-order valence-electron chi connectivity index (χ0n) is 17.9. The normalized spacial score (nSPS) is 24.5. The number of imide groups is 1. The van der Waals surface area contributed by atoms with Crippen LogP contribution in [0.4, 0.5) is 0 Å². The molecule has 2 amide bonds. The molecule has 2 atom stereocenters. The monoisotopic (exact) mass is 434 g/mol. The van der Waals surface area contributed by atoms with Gasteiger partial charge in [0.2, 0.25) is 0 Å². The van der Waals surface area contributed by atoms with Gasteiger partial charge in [0.05, 0.1) is 18.1 Å². The number of hydrogen-bond acceptors (Lipinski definition) is 4. The molecule has 0 unspecified atom stereocenters. The molecule has 7 rings (SSSR count). The topological polar surface area (TPSA) is 59.0 Å². The molecule has 5 nitrogen and oxygen atoms in total. The maximum absolute atomic E-state index is 13.5. The van der Waals surface area contributed by atoms with Gasteiger partial charge >= 0.3 is 0 Å². The predicted octanol–water partition coefficient (Wildman–Crippen LogP) is 4.48. The SMILES string of the molecule is C=CCOc1cccc(/C=N\N2C(=O)[C@@H]3C4c5ccccc5C(c5ccccc54)[C@@H]3C2=O)c1. The van der Waals surface area contributed by atoms with E-state index >= 15 is 0 Å². The fourth-order valence-corrected chi connectivity index (χ4v) is 5.74. The molecule has 33 heavy (non-hydrogen) atoms. The smallest absolute Gasteiger partial charge is 0.254 e. The number of carbonyl (C=O) groups excluding carboxylic acids is 2. The maximum atomic E-state index is 13.5. The minimum Gasteiger partial charge on any atom is -0.490 e. The predicted molar refractivity (Wildman–Crippen MR) is 125 cm³/mol. The molecule has 3 aromatic carbocycles. The summed E-state index contributed by atoms with van der Waals surface area (Å²) in [5.74, 6) is -0.869. The quantitative estimate of drug-likeness (QED) is 0.338. The third-order valence-corrected chi connectivity index (χ3v) is 6.97. The van der Waals surface area contributed by atoms with Crippen LogP contribution in [-0.2, 0) is 9.59 Å². The molecule has 3 aromatic rings. The lowest BCUT2D eigenvalue weighted by Gasteiger charge is -2.45.